The number of methoxy groups -OCH3 is 1. The molecule has 0 unspecified atom stereocenters. The van der Waals surface area contributed by atoms with E-state index in [9.17, 15) is 4.79 Å². The number of hydrogen-bond donors (Lipinski definition) is 2. The molecule has 0 fully saturated rings. The molecular formula is C14H15N3O3. The van der Waals surface area contributed by atoms with Crippen LogP contribution in [0.15, 0.2) is 36.5 Å². The molecule has 1 heterocycles. The van der Waals surface area contributed by atoms with E-state index in [-0.39, 0.29) is 11.6 Å². The summed E-state index contributed by atoms with van der Waals surface area (Å²) < 4.78 is 10.9. The fourth-order valence-electron chi connectivity index (χ4n) is 1.62. The van der Waals surface area contributed by atoms with Gasteiger partial charge in [-0.15, -0.1) is 0 Å². The number of benzene rings is 1. The van der Waals surface area contributed by atoms with E-state index in [0.717, 1.165) is 0 Å². The van der Waals surface area contributed by atoms with Crippen LogP contribution >= 0.6 is 0 Å². The van der Waals surface area contributed by atoms with Crippen LogP contribution in [0.4, 0.5) is 5.69 Å². The smallest absolute Gasteiger partial charge is 0.269 e. The van der Waals surface area contributed by atoms with Crippen molar-refractivity contribution in [1.82, 2.24) is 10.3 Å². The first-order valence-electron chi connectivity index (χ1n) is 5.93. The number of aromatic nitrogens is 1. The summed E-state index contributed by atoms with van der Waals surface area (Å²) in [5, 5.41) is 2.50. The Labute approximate surface area is 116 Å². The molecule has 0 saturated heterocycles. The quantitative estimate of drug-likeness (QED) is 0.830. The summed E-state index contributed by atoms with van der Waals surface area (Å²) in [4.78, 5) is 15.5. The van der Waals surface area contributed by atoms with Crippen LogP contribution in [0.25, 0.3) is 0 Å². The minimum atomic E-state index is -0.278. The van der Waals surface area contributed by atoms with Crippen molar-refractivity contribution in [3.63, 3.8) is 0 Å². The third-order valence-electron chi connectivity index (χ3n) is 2.61. The lowest BCUT2D eigenvalue weighted by atomic mass is 10.2. The van der Waals surface area contributed by atoms with Gasteiger partial charge in [0.25, 0.3) is 5.91 Å². The summed E-state index contributed by atoms with van der Waals surface area (Å²) >= 11 is 0. The highest BCUT2D eigenvalue weighted by Crippen LogP contribution is 2.32. The predicted octanol–water partition coefficient (Wildman–Crippen LogP) is 1.82. The first-order valence-corrected chi connectivity index (χ1v) is 5.93. The van der Waals surface area contributed by atoms with Crippen molar-refractivity contribution >= 4 is 11.6 Å². The van der Waals surface area contributed by atoms with Gasteiger partial charge in [0.2, 0.25) is 0 Å². The second-order valence-electron chi connectivity index (χ2n) is 3.97. The highest BCUT2D eigenvalue weighted by Gasteiger charge is 2.09. The molecule has 1 aromatic carbocycles. The lowest BCUT2D eigenvalue weighted by Gasteiger charge is -2.11. The molecule has 0 bridgehead atoms. The highest BCUT2D eigenvalue weighted by molar-refractivity contribution is 5.92. The lowest BCUT2D eigenvalue weighted by molar-refractivity contribution is 0.0958. The van der Waals surface area contributed by atoms with Gasteiger partial charge in [0.1, 0.15) is 11.4 Å². The summed E-state index contributed by atoms with van der Waals surface area (Å²) in [6.45, 7) is 0. The van der Waals surface area contributed by atoms with Gasteiger partial charge in [-0.25, -0.2) is 0 Å². The van der Waals surface area contributed by atoms with E-state index in [1.54, 1.807) is 37.4 Å². The third-order valence-corrected chi connectivity index (χ3v) is 2.61. The maximum Gasteiger partial charge on any atom is 0.269 e. The Balaban J connectivity index is 2.28. The standard InChI is InChI=1S/C14H15N3O3/c1-16-14(18)11-8-10(5-6-17-11)20-12-4-3-9(15)7-13(12)19-2/h3-8H,15H2,1-2H3,(H,16,18). The van der Waals surface area contributed by atoms with Crippen molar-refractivity contribution in [3.8, 4) is 17.2 Å². The van der Waals surface area contributed by atoms with Crippen LogP contribution in [-0.4, -0.2) is 25.0 Å². The van der Waals surface area contributed by atoms with E-state index in [2.05, 4.69) is 10.3 Å². The number of pyridine rings is 1. The first-order chi connectivity index (χ1) is 9.63. The fourth-order valence-corrected chi connectivity index (χ4v) is 1.62. The molecule has 0 saturated carbocycles. The SMILES string of the molecule is CNC(=O)c1cc(Oc2ccc(N)cc2OC)ccn1. The maximum atomic E-state index is 11.5. The number of nitrogens with zero attached hydrogens (tertiary/aromatic N) is 1. The summed E-state index contributed by atoms with van der Waals surface area (Å²) in [7, 11) is 3.07. The predicted molar refractivity (Wildman–Crippen MR) is 75.1 cm³/mol. The van der Waals surface area contributed by atoms with Crippen molar-refractivity contribution in [1.29, 1.82) is 0 Å². The lowest BCUT2D eigenvalue weighted by Crippen LogP contribution is -2.18. The average molecular weight is 273 g/mol. The van der Waals surface area contributed by atoms with Crippen LogP contribution in [0.5, 0.6) is 17.2 Å². The normalized spacial score (nSPS) is 9.90. The molecule has 20 heavy (non-hydrogen) atoms. The van der Waals surface area contributed by atoms with Gasteiger partial charge < -0.3 is 20.5 Å². The molecular weight excluding hydrogens is 258 g/mol. The molecule has 6 nitrogen and oxygen atoms in total. The minimum Gasteiger partial charge on any atom is -0.493 e. The Bertz CT molecular complexity index is 629. The molecule has 1 amide bonds. The van der Waals surface area contributed by atoms with Crippen molar-refractivity contribution in [2.24, 2.45) is 0 Å². The number of nitrogens with two attached hydrogens (primary N) is 1. The largest absolute Gasteiger partial charge is 0.493 e. The Morgan fingerprint density at radius 1 is 1.25 bits per heavy atom. The topological polar surface area (TPSA) is 86.5 Å². The molecule has 2 aromatic rings. The van der Waals surface area contributed by atoms with Gasteiger partial charge in [-0.2, -0.15) is 0 Å². The fraction of sp³-hybridized carbons (Fsp3) is 0.143. The van der Waals surface area contributed by atoms with Gasteiger partial charge >= 0.3 is 0 Å². The maximum absolute atomic E-state index is 11.5. The van der Waals surface area contributed by atoms with Gasteiger partial charge in [-0.1, -0.05) is 0 Å². The second-order valence-corrected chi connectivity index (χ2v) is 3.97. The van der Waals surface area contributed by atoms with E-state index < -0.39 is 0 Å². The molecule has 1 aromatic heterocycles. The Morgan fingerprint density at radius 3 is 2.75 bits per heavy atom. The van der Waals surface area contributed by atoms with Gasteiger partial charge in [-0.05, 0) is 18.2 Å². The van der Waals surface area contributed by atoms with Crippen molar-refractivity contribution in [3.05, 3.63) is 42.2 Å². The number of nitrogen functional groups attached to an aromatic ring is 1. The molecule has 2 rings (SSSR count). The van der Waals surface area contributed by atoms with Crippen LogP contribution in [0.2, 0.25) is 0 Å². The van der Waals surface area contributed by atoms with E-state index >= 15 is 0 Å². The van der Waals surface area contributed by atoms with Crippen molar-refractivity contribution < 1.29 is 14.3 Å². The van der Waals surface area contributed by atoms with E-state index in [1.807, 2.05) is 0 Å². The highest BCUT2D eigenvalue weighted by atomic mass is 16.5. The Hall–Kier alpha value is -2.76. The number of carbonyl (C=O) groups excluding carboxylic acids is 1. The number of hydrogen-bond acceptors (Lipinski definition) is 5. The Kier molecular flexibility index (Phi) is 4.05. The molecule has 0 atom stereocenters. The number of ether oxygens (including phenoxy) is 2. The zero-order valence-corrected chi connectivity index (χ0v) is 11.2. The number of anilines is 1. The third kappa shape index (κ3) is 2.97. The molecule has 0 radical (unpaired) electrons. The van der Waals surface area contributed by atoms with E-state index in [4.69, 9.17) is 15.2 Å². The monoisotopic (exact) mass is 273 g/mol. The summed E-state index contributed by atoms with van der Waals surface area (Å²) in [6.07, 6.45) is 1.50. The number of carbonyl (C=O) groups is 1. The van der Waals surface area contributed by atoms with Gasteiger partial charge in [0.15, 0.2) is 11.5 Å². The van der Waals surface area contributed by atoms with Crippen LogP contribution in [-0.2, 0) is 0 Å². The summed E-state index contributed by atoms with van der Waals surface area (Å²) in [5.74, 6) is 1.24. The molecule has 0 aliphatic carbocycles. The zero-order valence-electron chi connectivity index (χ0n) is 11.2. The zero-order chi connectivity index (χ0) is 14.5. The van der Waals surface area contributed by atoms with E-state index in [0.29, 0.717) is 22.9 Å². The Morgan fingerprint density at radius 2 is 2.05 bits per heavy atom. The number of amides is 1. The molecule has 0 spiro atoms. The minimum absolute atomic E-state index is 0.277. The second kappa shape index (κ2) is 5.92. The van der Waals surface area contributed by atoms with Crippen molar-refractivity contribution in [2.45, 2.75) is 0 Å². The van der Waals surface area contributed by atoms with Crippen molar-refractivity contribution in [2.75, 3.05) is 19.9 Å². The van der Waals surface area contributed by atoms with Crippen LogP contribution < -0.4 is 20.5 Å². The van der Waals surface area contributed by atoms with Gasteiger partial charge in [0.05, 0.1) is 7.11 Å². The molecule has 104 valence electrons. The summed E-state index contributed by atoms with van der Waals surface area (Å²) in [5.41, 5.74) is 6.54. The molecule has 6 heteroatoms. The van der Waals surface area contributed by atoms with Crippen LogP contribution in [0.3, 0.4) is 0 Å². The average Bonchev–Trinajstić information content (AvgIpc) is 2.48. The summed E-state index contributed by atoms with van der Waals surface area (Å²) in [6, 6.07) is 8.28. The first kappa shape index (κ1) is 13.7. The number of rotatable bonds is 4. The van der Waals surface area contributed by atoms with Crippen LogP contribution in [0, 0.1) is 0 Å². The van der Waals surface area contributed by atoms with Crippen LogP contribution in [0.1, 0.15) is 10.5 Å². The molecule has 0 aliphatic rings. The molecule has 0 aliphatic heterocycles. The number of nitrogens with one attached hydrogen (secondary N) is 1. The van der Waals surface area contributed by atoms with Gasteiger partial charge in [-0.3, -0.25) is 9.78 Å². The van der Waals surface area contributed by atoms with Gasteiger partial charge in [0, 0.05) is 31.1 Å². The molecule has 3 N–H and O–H groups in total. The van der Waals surface area contributed by atoms with E-state index in [1.165, 1.54) is 13.3 Å².